The van der Waals surface area contributed by atoms with Crippen LogP contribution in [0.1, 0.15) is 26.3 Å². The van der Waals surface area contributed by atoms with Crippen molar-refractivity contribution in [3.63, 3.8) is 0 Å². The maximum absolute atomic E-state index is 5.82. The molecule has 1 aromatic heterocycles. The molecule has 0 fully saturated rings. The second-order valence-corrected chi connectivity index (χ2v) is 5.55. The highest BCUT2D eigenvalue weighted by Gasteiger charge is 2.18. The monoisotopic (exact) mass is 260 g/mol. The van der Waals surface area contributed by atoms with Crippen molar-refractivity contribution in [2.75, 3.05) is 0 Å². The first-order valence-corrected chi connectivity index (χ1v) is 6.16. The van der Waals surface area contributed by atoms with Crippen molar-refractivity contribution in [1.82, 2.24) is 4.98 Å². The fraction of sp³-hybridized carbons (Fsp3) is 0.286. The molecule has 1 heterocycles. The van der Waals surface area contributed by atoms with Gasteiger partial charge in [0.05, 0.1) is 11.1 Å². The van der Waals surface area contributed by atoms with E-state index in [2.05, 4.69) is 4.98 Å². The first-order valence-electron chi connectivity index (χ1n) is 5.75. The van der Waals surface area contributed by atoms with Crippen LogP contribution in [-0.4, -0.2) is 15.6 Å². The van der Waals surface area contributed by atoms with E-state index in [9.17, 15) is 0 Å². The van der Waals surface area contributed by atoms with Crippen LogP contribution in [0.4, 0.5) is 0 Å². The summed E-state index contributed by atoms with van der Waals surface area (Å²) in [6.45, 7) is 5.90. The Bertz CT molecular complexity index is 602. The van der Waals surface area contributed by atoms with E-state index in [4.69, 9.17) is 22.7 Å². The molecule has 0 aliphatic rings. The Morgan fingerprint density at radius 1 is 1.28 bits per heavy atom. The summed E-state index contributed by atoms with van der Waals surface area (Å²) in [4.78, 5) is 4.79. The van der Waals surface area contributed by atoms with E-state index in [1.165, 1.54) is 0 Å². The molecule has 0 radical (unpaired) electrons. The van der Waals surface area contributed by atoms with Gasteiger partial charge in [-0.15, -0.1) is 0 Å². The van der Waals surface area contributed by atoms with Crippen LogP contribution in [0.2, 0.25) is 0 Å². The van der Waals surface area contributed by atoms with E-state index in [-0.39, 0.29) is 5.60 Å². The van der Waals surface area contributed by atoms with E-state index in [1.54, 1.807) is 0 Å². The Balaban J connectivity index is 2.61. The summed E-state index contributed by atoms with van der Waals surface area (Å²) in [7, 11) is 0. The molecule has 2 rings (SSSR count). The van der Waals surface area contributed by atoms with Crippen molar-refractivity contribution in [3.8, 4) is 5.88 Å². The van der Waals surface area contributed by atoms with E-state index in [0.717, 1.165) is 10.9 Å². The molecule has 0 atom stereocenters. The molecule has 0 saturated heterocycles. The van der Waals surface area contributed by atoms with Gasteiger partial charge in [-0.2, -0.15) is 0 Å². The van der Waals surface area contributed by atoms with Gasteiger partial charge in [0.25, 0.3) is 0 Å². The summed E-state index contributed by atoms with van der Waals surface area (Å²) in [5, 5.41) is 1.00. The summed E-state index contributed by atoms with van der Waals surface area (Å²) in [5.41, 5.74) is 6.95. The van der Waals surface area contributed by atoms with Gasteiger partial charge in [-0.3, -0.25) is 0 Å². The standard InChI is InChI=1S/C14H16N2OS/c1-14(2,3)17-13-10(12(15)18)8-9-6-4-5-7-11(9)16-13/h4-8H,1-3H3,(H2,15,18). The van der Waals surface area contributed by atoms with Crippen LogP contribution in [0.25, 0.3) is 10.9 Å². The number of fused-ring (bicyclic) bond motifs is 1. The second-order valence-electron chi connectivity index (χ2n) is 5.11. The maximum Gasteiger partial charge on any atom is 0.224 e. The van der Waals surface area contributed by atoms with Gasteiger partial charge in [0.2, 0.25) is 5.88 Å². The maximum atomic E-state index is 5.82. The molecule has 1 aromatic carbocycles. The van der Waals surface area contributed by atoms with Crippen molar-refractivity contribution >= 4 is 28.1 Å². The Morgan fingerprint density at radius 2 is 1.94 bits per heavy atom. The van der Waals surface area contributed by atoms with E-state index < -0.39 is 0 Å². The fourth-order valence-electron chi connectivity index (χ4n) is 1.64. The third-order valence-electron chi connectivity index (χ3n) is 2.36. The first-order chi connectivity index (χ1) is 8.37. The summed E-state index contributed by atoms with van der Waals surface area (Å²) in [5.74, 6) is 0.494. The van der Waals surface area contributed by atoms with Crippen LogP contribution in [-0.2, 0) is 0 Å². The molecule has 0 aliphatic carbocycles. The number of hydrogen-bond acceptors (Lipinski definition) is 3. The lowest BCUT2D eigenvalue weighted by Gasteiger charge is -2.22. The highest BCUT2D eigenvalue weighted by Crippen LogP contribution is 2.25. The van der Waals surface area contributed by atoms with Crippen molar-refractivity contribution in [2.45, 2.75) is 26.4 Å². The lowest BCUT2D eigenvalue weighted by Crippen LogP contribution is -2.25. The smallest absolute Gasteiger partial charge is 0.224 e. The Morgan fingerprint density at radius 3 is 2.56 bits per heavy atom. The molecule has 2 aromatic rings. The predicted molar refractivity (Wildman–Crippen MR) is 78.0 cm³/mol. The number of benzene rings is 1. The van der Waals surface area contributed by atoms with Gasteiger partial charge in [-0.25, -0.2) is 4.98 Å². The zero-order valence-corrected chi connectivity index (χ0v) is 11.5. The zero-order valence-electron chi connectivity index (χ0n) is 10.7. The molecular formula is C14H16N2OS. The number of ether oxygens (including phenoxy) is 1. The lowest BCUT2D eigenvalue weighted by atomic mass is 10.1. The van der Waals surface area contributed by atoms with Crippen LogP contribution < -0.4 is 10.5 Å². The summed E-state index contributed by atoms with van der Waals surface area (Å²) < 4.78 is 5.82. The summed E-state index contributed by atoms with van der Waals surface area (Å²) in [6.07, 6.45) is 0. The van der Waals surface area contributed by atoms with E-state index >= 15 is 0 Å². The molecule has 94 valence electrons. The van der Waals surface area contributed by atoms with Crippen LogP contribution in [0.15, 0.2) is 30.3 Å². The highest BCUT2D eigenvalue weighted by atomic mass is 32.1. The number of para-hydroxylation sites is 1. The molecule has 18 heavy (non-hydrogen) atoms. The Labute approximate surface area is 112 Å². The molecule has 0 aliphatic heterocycles. The average molecular weight is 260 g/mol. The zero-order chi connectivity index (χ0) is 13.3. The van der Waals surface area contributed by atoms with Crippen LogP contribution in [0, 0.1) is 0 Å². The number of hydrogen-bond donors (Lipinski definition) is 1. The third kappa shape index (κ3) is 2.76. The lowest BCUT2D eigenvalue weighted by molar-refractivity contribution is 0.124. The van der Waals surface area contributed by atoms with Crippen molar-refractivity contribution in [2.24, 2.45) is 5.73 Å². The summed E-state index contributed by atoms with van der Waals surface area (Å²) in [6, 6.07) is 9.74. The first kappa shape index (κ1) is 12.8. The minimum absolute atomic E-state index is 0.299. The van der Waals surface area contributed by atoms with Crippen molar-refractivity contribution in [1.29, 1.82) is 0 Å². The Kier molecular flexibility index (Phi) is 3.22. The largest absolute Gasteiger partial charge is 0.471 e. The number of pyridine rings is 1. The molecular weight excluding hydrogens is 244 g/mol. The fourth-order valence-corrected chi connectivity index (χ4v) is 1.79. The van der Waals surface area contributed by atoms with Crippen molar-refractivity contribution < 1.29 is 4.74 Å². The molecule has 0 unspecified atom stereocenters. The van der Waals surface area contributed by atoms with Gasteiger partial charge < -0.3 is 10.5 Å². The van der Waals surface area contributed by atoms with Gasteiger partial charge in [0.15, 0.2) is 0 Å². The van der Waals surface area contributed by atoms with E-state index in [0.29, 0.717) is 16.4 Å². The number of aromatic nitrogens is 1. The van der Waals surface area contributed by atoms with Gasteiger partial charge >= 0.3 is 0 Å². The number of rotatable bonds is 2. The summed E-state index contributed by atoms with van der Waals surface area (Å²) >= 11 is 5.06. The number of nitrogens with zero attached hydrogens (tertiary/aromatic N) is 1. The third-order valence-corrected chi connectivity index (χ3v) is 2.58. The molecule has 0 spiro atoms. The number of thiocarbonyl (C=S) groups is 1. The van der Waals surface area contributed by atoms with Gasteiger partial charge in [-0.05, 0) is 32.9 Å². The molecule has 4 heteroatoms. The molecule has 2 N–H and O–H groups in total. The van der Waals surface area contributed by atoms with Gasteiger partial charge in [0.1, 0.15) is 10.6 Å². The SMILES string of the molecule is CC(C)(C)Oc1nc2ccccc2cc1C(N)=S. The van der Waals surface area contributed by atoms with Gasteiger partial charge in [-0.1, -0.05) is 30.4 Å². The number of nitrogens with two attached hydrogens (primary N) is 1. The van der Waals surface area contributed by atoms with Crippen LogP contribution >= 0.6 is 12.2 Å². The molecule has 3 nitrogen and oxygen atoms in total. The minimum Gasteiger partial charge on any atom is -0.471 e. The molecule has 0 saturated carbocycles. The molecule has 0 amide bonds. The van der Waals surface area contributed by atoms with Crippen LogP contribution in [0.3, 0.4) is 0 Å². The van der Waals surface area contributed by atoms with E-state index in [1.807, 2.05) is 51.1 Å². The normalized spacial score (nSPS) is 11.5. The van der Waals surface area contributed by atoms with Gasteiger partial charge in [0, 0.05) is 5.39 Å². The minimum atomic E-state index is -0.338. The Hall–Kier alpha value is -1.68. The highest BCUT2D eigenvalue weighted by molar-refractivity contribution is 7.80. The topological polar surface area (TPSA) is 48.1 Å². The van der Waals surface area contributed by atoms with Crippen molar-refractivity contribution in [3.05, 3.63) is 35.9 Å². The quantitative estimate of drug-likeness (QED) is 0.843. The predicted octanol–water partition coefficient (Wildman–Crippen LogP) is 3.05. The molecule has 0 bridgehead atoms. The average Bonchev–Trinajstić information content (AvgIpc) is 2.25. The van der Waals surface area contributed by atoms with Crippen LogP contribution in [0.5, 0.6) is 5.88 Å². The second kappa shape index (κ2) is 4.53.